The van der Waals surface area contributed by atoms with E-state index in [0.29, 0.717) is 17.6 Å². The number of aromatic nitrogens is 2. The molecule has 82 valence electrons. The number of nitrogen functional groups attached to an aromatic ring is 1. The van der Waals surface area contributed by atoms with Crippen LogP contribution in [0.25, 0.3) is 0 Å². The maximum Gasteiger partial charge on any atom is 0.232 e. The second-order valence-electron chi connectivity index (χ2n) is 4.09. The van der Waals surface area contributed by atoms with Crippen LogP contribution in [-0.4, -0.2) is 16.6 Å². The van der Waals surface area contributed by atoms with Gasteiger partial charge in [0.2, 0.25) is 5.88 Å². The topological polar surface area (TPSA) is 61.0 Å². The van der Waals surface area contributed by atoms with Gasteiger partial charge in [-0.15, -0.1) is 0 Å². The summed E-state index contributed by atoms with van der Waals surface area (Å²) in [6, 6.07) is 0. The van der Waals surface area contributed by atoms with Crippen LogP contribution in [-0.2, 0) is 0 Å². The SMILES string of the molecule is Nc1cnc(OCC2CCCCC2)cn1. The zero-order chi connectivity index (χ0) is 10.5. The maximum absolute atomic E-state index is 5.57. The molecule has 1 aliphatic carbocycles. The zero-order valence-electron chi connectivity index (χ0n) is 8.85. The first-order valence-electron chi connectivity index (χ1n) is 5.55. The van der Waals surface area contributed by atoms with Gasteiger partial charge in [-0.05, 0) is 18.8 Å². The Morgan fingerprint density at radius 1 is 1.20 bits per heavy atom. The molecule has 15 heavy (non-hydrogen) atoms. The van der Waals surface area contributed by atoms with E-state index in [9.17, 15) is 0 Å². The van der Waals surface area contributed by atoms with E-state index in [-0.39, 0.29) is 0 Å². The minimum absolute atomic E-state index is 0.431. The van der Waals surface area contributed by atoms with Crippen molar-refractivity contribution in [3.63, 3.8) is 0 Å². The molecule has 1 aliphatic rings. The summed E-state index contributed by atoms with van der Waals surface area (Å²) in [6.45, 7) is 0.762. The summed E-state index contributed by atoms with van der Waals surface area (Å²) >= 11 is 0. The minimum Gasteiger partial charge on any atom is -0.476 e. The van der Waals surface area contributed by atoms with Gasteiger partial charge in [0.1, 0.15) is 5.82 Å². The molecule has 2 N–H and O–H groups in total. The van der Waals surface area contributed by atoms with E-state index in [2.05, 4.69) is 9.97 Å². The first kappa shape index (κ1) is 10.2. The van der Waals surface area contributed by atoms with Crippen molar-refractivity contribution in [1.82, 2.24) is 9.97 Å². The molecule has 0 radical (unpaired) electrons. The van der Waals surface area contributed by atoms with Gasteiger partial charge in [-0.2, -0.15) is 0 Å². The predicted octanol–water partition coefficient (Wildman–Crippen LogP) is 2.02. The summed E-state index contributed by atoms with van der Waals surface area (Å²) in [7, 11) is 0. The quantitative estimate of drug-likeness (QED) is 0.823. The fourth-order valence-electron chi connectivity index (χ4n) is 1.96. The largest absolute Gasteiger partial charge is 0.476 e. The van der Waals surface area contributed by atoms with Crippen molar-refractivity contribution in [1.29, 1.82) is 0 Å². The molecule has 0 aliphatic heterocycles. The van der Waals surface area contributed by atoms with Gasteiger partial charge in [-0.25, -0.2) is 9.97 Å². The van der Waals surface area contributed by atoms with Crippen LogP contribution in [0.5, 0.6) is 5.88 Å². The third-order valence-electron chi connectivity index (χ3n) is 2.84. The van der Waals surface area contributed by atoms with Gasteiger partial charge < -0.3 is 10.5 Å². The van der Waals surface area contributed by atoms with Crippen molar-refractivity contribution < 1.29 is 4.74 Å². The molecule has 4 heteroatoms. The summed E-state index contributed by atoms with van der Waals surface area (Å²) in [5, 5.41) is 0. The van der Waals surface area contributed by atoms with Crippen molar-refractivity contribution in [2.75, 3.05) is 12.3 Å². The molecule has 0 atom stereocenters. The molecule has 2 rings (SSSR count). The lowest BCUT2D eigenvalue weighted by molar-refractivity contribution is 0.202. The molecule has 0 unspecified atom stereocenters. The Bertz CT molecular complexity index is 293. The van der Waals surface area contributed by atoms with E-state index in [1.54, 1.807) is 6.20 Å². The molecule has 1 fully saturated rings. The Kier molecular flexibility index (Phi) is 3.37. The number of nitrogens with two attached hydrogens (primary N) is 1. The predicted molar refractivity (Wildman–Crippen MR) is 58.5 cm³/mol. The van der Waals surface area contributed by atoms with Crippen LogP contribution in [0, 0.1) is 5.92 Å². The van der Waals surface area contributed by atoms with Crippen LogP contribution >= 0.6 is 0 Å². The number of nitrogens with zero attached hydrogens (tertiary/aromatic N) is 2. The van der Waals surface area contributed by atoms with E-state index >= 15 is 0 Å². The smallest absolute Gasteiger partial charge is 0.232 e. The molecule has 0 amide bonds. The van der Waals surface area contributed by atoms with Gasteiger partial charge in [0.05, 0.1) is 19.0 Å². The van der Waals surface area contributed by atoms with Crippen LogP contribution in [0.15, 0.2) is 12.4 Å². The van der Waals surface area contributed by atoms with Crippen LogP contribution in [0.2, 0.25) is 0 Å². The molecule has 1 heterocycles. The van der Waals surface area contributed by atoms with Crippen LogP contribution in [0.1, 0.15) is 32.1 Å². The molecule has 0 aromatic carbocycles. The number of hydrogen-bond donors (Lipinski definition) is 1. The molecular weight excluding hydrogens is 190 g/mol. The second kappa shape index (κ2) is 4.96. The minimum atomic E-state index is 0.431. The molecule has 0 bridgehead atoms. The van der Waals surface area contributed by atoms with Gasteiger partial charge in [-0.1, -0.05) is 19.3 Å². The van der Waals surface area contributed by atoms with Gasteiger partial charge in [0, 0.05) is 0 Å². The molecule has 1 aromatic rings. The maximum atomic E-state index is 5.57. The van der Waals surface area contributed by atoms with Crippen molar-refractivity contribution in [2.45, 2.75) is 32.1 Å². The zero-order valence-corrected chi connectivity index (χ0v) is 8.85. The van der Waals surface area contributed by atoms with E-state index < -0.39 is 0 Å². The molecular formula is C11H17N3O. The average Bonchev–Trinajstić information content (AvgIpc) is 2.30. The summed E-state index contributed by atoms with van der Waals surface area (Å²) in [6.07, 6.45) is 9.71. The molecule has 0 spiro atoms. The van der Waals surface area contributed by atoms with Gasteiger partial charge in [0.15, 0.2) is 0 Å². The number of hydrogen-bond acceptors (Lipinski definition) is 4. The van der Waals surface area contributed by atoms with Crippen LogP contribution in [0.3, 0.4) is 0 Å². The summed E-state index contributed by atoms with van der Waals surface area (Å²) in [5.41, 5.74) is 5.44. The van der Waals surface area contributed by atoms with E-state index in [4.69, 9.17) is 10.5 Å². The van der Waals surface area contributed by atoms with E-state index in [1.165, 1.54) is 38.3 Å². The average molecular weight is 207 g/mol. The lowest BCUT2D eigenvalue weighted by atomic mass is 9.90. The number of ether oxygens (including phenoxy) is 1. The fourth-order valence-corrected chi connectivity index (χ4v) is 1.96. The van der Waals surface area contributed by atoms with E-state index in [0.717, 1.165) is 6.61 Å². The van der Waals surface area contributed by atoms with E-state index in [1.807, 2.05) is 0 Å². The normalized spacial score (nSPS) is 17.6. The third-order valence-corrected chi connectivity index (χ3v) is 2.84. The van der Waals surface area contributed by atoms with Crippen molar-refractivity contribution >= 4 is 5.82 Å². The molecule has 4 nitrogen and oxygen atoms in total. The van der Waals surface area contributed by atoms with Crippen molar-refractivity contribution in [3.8, 4) is 5.88 Å². The third kappa shape index (κ3) is 3.08. The first-order chi connectivity index (χ1) is 7.34. The second-order valence-corrected chi connectivity index (χ2v) is 4.09. The Hall–Kier alpha value is -1.32. The Labute approximate surface area is 89.9 Å². The highest BCUT2D eigenvalue weighted by Crippen LogP contribution is 2.24. The molecule has 0 saturated heterocycles. The highest BCUT2D eigenvalue weighted by Gasteiger charge is 2.14. The number of anilines is 1. The standard InChI is InChI=1S/C11H17N3O/c12-10-6-14-11(7-13-10)15-8-9-4-2-1-3-5-9/h6-7,9H,1-5,8H2,(H2,12,13). The van der Waals surface area contributed by atoms with Gasteiger partial charge >= 0.3 is 0 Å². The first-order valence-corrected chi connectivity index (χ1v) is 5.55. The Morgan fingerprint density at radius 2 is 2.00 bits per heavy atom. The summed E-state index contributed by atoms with van der Waals surface area (Å²) in [4.78, 5) is 7.99. The Morgan fingerprint density at radius 3 is 2.67 bits per heavy atom. The van der Waals surface area contributed by atoms with Crippen molar-refractivity contribution in [3.05, 3.63) is 12.4 Å². The molecule has 1 aromatic heterocycles. The fraction of sp³-hybridized carbons (Fsp3) is 0.636. The lowest BCUT2D eigenvalue weighted by Gasteiger charge is -2.21. The summed E-state index contributed by atoms with van der Waals surface area (Å²) in [5.74, 6) is 1.70. The van der Waals surface area contributed by atoms with Crippen LogP contribution in [0.4, 0.5) is 5.82 Å². The van der Waals surface area contributed by atoms with Crippen molar-refractivity contribution in [2.24, 2.45) is 5.92 Å². The van der Waals surface area contributed by atoms with Crippen LogP contribution < -0.4 is 10.5 Å². The highest BCUT2D eigenvalue weighted by atomic mass is 16.5. The Balaban J connectivity index is 1.79. The summed E-state index contributed by atoms with van der Waals surface area (Å²) < 4.78 is 5.57. The lowest BCUT2D eigenvalue weighted by Crippen LogP contribution is -2.15. The van der Waals surface area contributed by atoms with Gasteiger partial charge in [-0.3, -0.25) is 0 Å². The number of rotatable bonds is 3. The highest BCUT2D eigenvalue weighted by molar-refractivity contribution is 5.24. The molecule has 1 saturated carbocycles. The monoisotopic (exact) mass is 207 g/mol. The van der Waals surface area contributed by atoms with Gasteiger partial charge in [0.25, 0.3) is 0 Å².